The summed E-state index contributed by atoms with van der Waals surface area (Å²) in [6, 6.07) is 5.68. The first-order valence-corrected chi connectivity index (χ1v) is 4.69. The van der Waals surface area contributed by atoms with E-state index in [1.807, 2.05) is 18.2 Å². The summed E-state index contributed by atoms with van der Waals surface area (Å²) in [7, 11) is 0. The number of carbonyl (C=O) groups excluding carboxylic acids is 1. The molecule has 15 heavy (non-hydrogen) atoms. The van der Waals surface area contributed by atoms with Crippen molar-refractivity contribution in [1.29, 1.82) is 0 Å². The molecule has 0 spiro atoms. The van der Waals surface area contributed by atoms with Crippen molar-refractivity contribution in [3.8, 4) is 11.1 Å². The number of carbonyl (C=O) groups is 1. The zero-order valence-corrected chi connectivity index (χ0v) is 8.13. The molecule has 2 rings (SSSR count). The summed E-state index contributed by atoms with van der Waals surface area (Å²) in [4.78, 5) is 18.6. The summed E-state index contributed by atoms with van der Waals surface area (Å²) in [6.45, 7) is 0. The van der Waals surface area contributed by atoms with Gasteiger partial charge in [-0.05, 0) is 17.7 Å². The average Bonchev–Trinajstić information content (AvgIpc) is 2.31. The maximum atomic E-state index is 10.5. The van der Waals surface area contributed by atoms with Crippen molar-refractivity contribution in [1.82, 2.24) is 9.97 Å². The summed E-state index contributed by atoms with van der Waals surface area (Å²) in [6.07, 6.45) is 8.25. The first kappa shape index (κ1) is 9.52. The molecule has 0 saturated heterocycles. The van der Waals surface area contributed by atoms with Gasteiger partial charge >= 0.3 is 0 Å². The number of hydrogen-bond acceptors (Lipinski definition) is 3. The first-order chi connectivity index (χ1) is 7.42. The fourth-order valence-electron chi connectivity index (χ4n) is 1.47. The molecular weight excluding hydrogens is 188 g/mol. The Labute approximate surface area is 87.8 Å². The van der Waals surface area contributed by atoms with Crippen LogP contribution in [0.1, 0.15) is 5.56 Å². The van der Waals surface area contributed by atoms with Gasteiger partial charge in [-0.25, -0.2) is 0 Å². The fraction of sp³-hybridized carbons (Fsp3) is 0.0833. The molecule has 0 aromatic carbocycles. The van der Waals surface area contributed by atoms with Crippen molar-refractivity contribution < 1.29 is 4.79 Å². The lowest BCUT2D eigenvalue weighted by Gasteiger charge is -2.05. The van der Waals surface area contributed by atoms with Gasteiger partial charge in [0.2, 0.25) is 0 Å². The molecule has 0 aliphatic heterocycles. The second kappa shape index (κ2) is 4.46. The Hall–Kier alpha value is -2.03. The van der Waals surface area contributed by atoms with Crippen LogP contribution in [0.4, 0.5) is 0 Å². The molecule has 0 bridgehead atoms. The van der Waals surface area contributed by atoms with Crippen molar-refractivity contribution >= 4 is 6.29 Å². The molecule has 0 unspecified atom stereocenters. The lowest BCUT2D eigenvalue weighted by Crippen LogP contribution is -1.92. The second-order valence-corrected chi connectivity index (χ2v) is 3.15. The SMILES string of the molecule is O=CCc1ccncc1-c1cccnc1. The molecule has 2 heterocycles. The third-order valence-corrected chi connectivity index (χ3v) is 2.19. The highest BCUT2D eigenvalue weighted by Gasteiger charge is 2.03. The largest absolute Gasteiger partial charge is 0.303 e. The molecule has 2 aromatic heterocycles. The first-order valence-electron chi connectivity index (χ1n) is 4.69. The van der Waals surface area contributed by atoms with E-state index in [0.717, 1.165) is 23.0 Å². The number of rotatable bonds is 3. The van der Waals surface area contributed by atoms with Crippen LogP contribution in [0.5, 0.6) is 0 Å². The average molecular weight is 198 g/mol. The number of aromatic nitrogens is 2. The van der Waals surface area contributed by atoms with Crippen molar-refractivity contribution in [2.45, 2.75) is 6.42 Å². The third-order valence-electron chi connectivity index (χ3n) is 2.19. The fourth-order valence-corrected chi connectivity index (χ4v) is 1.47. The maximum Gasteiger partial charge on any atom is 0.124 e. The molecule has 0 saturated carbocycles. The van der Waals surface area contributed by atoms with E-state index in [-0.39, 0.29) is 0 Å². The lowest BCUT2D eigenvalue weighted by atomic mass is 10.0. The topological polar surface area (TPSA) is 42.9 Å². The summed E-state index contributed by atoms with van der Waals surface area (Å²) in [5.41, 5.74) is 2.94. The number of aldehydes is 1. The van der Waals surface area contributed by atoms with Crippen LogP contribution in [0.3, 0.4) is 0 Å². The van der Waals surface area contributed by atoms with E-state index in [0.29, 0.717) is 6.42 Å². The van der Waals surface area contributed by atoms with Gasteiger partial charge in [0.25, 0.3) is 0 Å². The quantitative estimate of drug-likeness (QED) is 0.707. The van der Waals surface area contributed by atoms with E-state index in [1.54, 1.807) is 24.8 Å². The molecule has 0 fully saturated rings. The van der Waals surface area contributed by atoms with E-state index < -0.39 is 0 Å². The molecule has 74 valence electrons. The van der Waals surface area contributed by atoms with Gasteiger partial charge in [-0.2, -0.15) is 0 Å². The van der Waals surface area contributed by atoms with Gasteiger partial charge in [-0.3, -0.25) is 9.97 Å². The predicted molar refractivity (Wildman–Crippen MR) is 57.2 cm³/mol. The van der Waals surface area contributed by atoms with Crippen LogP contribution in [0.25, 0.3) is 11.1 Å². The van der Waals surface area contributed by atoms with Gasteiger partial charge in [0.1, 0.15) is 6.29 Å². The summed E-state index contributed by atoms with van der Waals surface area (Å²) >= 11 is 0. The van der Waals surface area contributed by atoms with Gasteiger partial charge in [-0.1, -0.05) is 6.07 Å². The van der Waals surface area contributed by atoms with Crippen molar-refractivity contribution in [2.75, 3.05) is 0 Å². The van der Waals surface area contributed by atoms with Crippen molar-refractivity contribution in [2.24, 2.45) is 0 Å². The molecule has 0 aliphatic rings. The smallest absolute Gasteiger partial charge is 0.124 e. The van der Waals surface area contributed by atoms with Crippen molar-refractivity contribution in [3.05, 3.63) is 48.5 Å². The molecular formula is C12H10N2O. The monoisotopic (exact) mass is 198 g/mol. The highest BCUT2D eigenvalue weighted by molar-refractivity contribution is 5.69. The standard InChI is InChI=1S/C12H10N2O/c15-7-4-10-3-6-14-9-12(10)11-2-1-5-13-8-11/h1-3,5-9H,4H2. The van der Waals surface area contributed by atoms with E-state index in [9.17, 15) is 4.79 Å². The maximum absolute atomic E-state index is 10.5. The second-order valence-electron chi connectivity index (χ2n) is 3.15. The van der Waals surface area contributed by atoms with E-state index in [1.165, 1.54) is 0 Å². The molecule has 2 aromatic rings. The molecule has 0 aliphatic carbocycles. The summed E-state index contributed by atoms with van der Waals surface area (Å²) in [5.74, 6) is 0. The highest BCUT2D eigenvalue weighted by atomic mass is 16.1. The minimum Gasteiger partial charge on any atom is -0.303 e. The van der Waals surface area contributed by atoms with Crippen molar-refractivity contribution in [3.63, 3.8) is 0 Å². The normalized spacial score (nSPS) is 9.87. The van der Waals surface area contributed by atoms with Crippen LogP contribution in [0.2, 0.25) is 0 Å². The third kappa shape index (κ3) is 2.07. The number of nitrogens with zero attached hydrogens (tertiary/aromatic N) is 2. The molecule has 0 N–H and O–H groups in total. The molecule has 3 nitrogen and oxygen atoms in total. The Morgan fingerprint density at radius 2 is 2.00 bits per heavy atom. The van der Waals surface area contributed by atoms with Gasteiger partial charge < -0.3 is 4.79 Å². The molecule has 0 amide bonds. The molecule has 0 atom stereocenters. The highest BCUT2D eigenvalue weighted by Crippen LogP contribution is 2.21. The predicted octanol–water partition coefficient (Wildman–Crippen LogP) is 1.89. The van der Waals surface area contributed by atoms with Crippen LogP contribution in [0.15, 0.2) is 43.0 Å². The minimum atomic E-state index is 0.409. The summed E-state index contributed by atoms with van der Waals surface area (Å²) in [5, 5.41) is 0. The van der Waals surface area contributed by atoms with Crippen LogP contribution in [-0.2, 0) is 11.2 Å². The van der Waals surface area contributed by atoms with Gasteiger partial charge in [0.05, 0.1) is 0 Å². The van der Waals surface area contributed by atoms with E-state index >= 15 is 0 Å². The zero-order chi connectivity index (χ0) is 10.5. The van der Waals surface area contributed by atoms with Gasteiger partial charge in [0.15, 0.2) is 0 Å². The van der Waals surface area contributed by atoms with Crippen LogP contribution < -0.4 is 0 Å². The lowest BCUT2D eigenvalue weighted by molar-refractivity contribution is -0.107. The Kier molecular flexibility index (Phi) is 2.83. The minimum absolute atomic E-state index is 0.409. The molecule has 0 radical (unpaired) electrons. The number of pyridine rings is 2. The van der Waals surface area contributed by atoms with E-state index in [2.05, 4.69) is 9.97 Å². The van der Waals surface area contributed by atoms with Crippen LogP contribution in [0, 0.1) is 0 Å². The Morgan fingerprint density at radius 1 is 1.13 bits per heavy atom. The van der Waals surface area contributed by atoms with Gasteiger partial charge in [0, 0.05) is 42.3 Å². The van der Waals surface area contributed by atoms with E-state index in [4.69, 9.17) is 0 Å². The van der Waals surface area contributed by atoms with Crippen LogP contribution in [-0.4, -0.2) is 16.3 Å². The zero-order valence-electron chi connectivity index (χ0n) is 8.13. The summed E-state index contributed by atoms with van der Waals surface area (Å²) < 4.78 is 0. The Balaban J connectivity index is 2.48. The van der Waals surface area contributed by atoms with Gasteiger partial charge in [-0.15, -0.1) is 0 Å². The number of hydrogen-bond donors (Lipinski definition) is 0. The Morgan fingerprint density at radius 3 is 2.73 bits per heavy atom. The van der Waals surface area contributed by atoms with Crippen LogP contribution >= 0.6 is 0 Å². The Bertz CT molecular complexity index is 454. The molecule has 3 heteroatoms.